The Bertz CT molecular complexity index is 1790. The number of hydrogen-bond donors (Lipinski definition) is 2. The van der Waals surface area contributed by atoms with Crippen LogP contribution >= 0.6 is 0 Å². The van der Waals surface area contributed by atoms with Crippen molar-refractivity contribution < 1.29 is 14.3 Å². The van der Waals surface area contributed by atoms with Gasteiger partial charge in [-0.05, 0) is 124 Å². The largest absolute Gasteiger partial charge is 0.381 e. The maximum absolute atomic E-state index is 12.9. The second-order valence-corrected chi connectivity index (χ2v) is 15.7. The van der Waals surface area contributed by atoms with Gasteiger partial charge in [-0.1, -0.05) is 19.8 Å². The molecule has 2 amide bonds. The summed E-state index contributed by atoms with van der Waals surface area (Å²) < 4.78 is 8.91. The van der Waals surface area contributed by atoms with Crippen molar-refractivity contribution in [3.8, 4) is 0 Å². The summed E-state index contributed by atoms with van der Waals surface area (Å²) in [6.45, 7) is 18.6. The summed E-state index contributed by atoms with van der Waals surface area (Å²) in [5.74, 6) is 1.59. The molecule has 0 bridgehead atoms. The lowest BCUT2D eigenvalue weighted by atomic mass is 9.73. The van der Waals surface area contributed by atoms with Gasteiger partial charge in [0.25, 0.3) is 11.8 Å². The van der Waals surface area contributed by atoms with E-state index in [2.05, 4.69) is 65.4 Å². The van der Waals surface area contributed by atoms with Crippen molar-refractivity contribution in [1.82, 2.24) is 39.8 Å². The van der Waals surface area contributed by atoms with Crippen LogP contribution in [0.3, 0.4) is 0 Å². The van der Waals surface area contributed by atoms with Gasteiger partial charge in [-0.2, -0.15) is 10.2 Å². The highest BCUT2D eigenvalue weighted by molar-refractivity contribution is 6.00. The van der Waals surface area contributed by atoms with Crippen molar-refractivity contribution in [2.75, 3.05) is 7.11 Å². The molecule has 0 aromatic carbocycles. The van der Waals surface area contributed by atoms with E-state index < -0.39 is 0 Å². The summed E-state index contributed by atoms with van der Waals surface area (Å²) in [5.41, 5.74) is 5.59. The summed E-state index contributed by atoms with van der Waals surface area (Å²) in [5, 5.41) is 15.1. The number of fused-ring (bicyclic) bond motifs is 2. The predicted molar refractivity (Wildman–Crippen MR) is 192 cm³/mol. The molecule has 49 heavy (non-hydrogen) atoms. The van der Waals surface area contributed by atoms with Gasteiger partial charge in [0, 0.05) is 41.0 Å². The van der Waals surface area contributed by atoms with E-state index in [9.17, 15) is 9.59 Å². The Kier molecular flexibility index (Phi) is 10.8. The number of amides is 2. The quantitative estimate of drug-likeness (QED) is 0.223. The summed E-state index contributed by atoms with van der Waals surface area (Å²) in [7, 11) is 1.78. The number of methoxy groups -OCH3 is 1. The molecule has 2 aliphatic carbocycles. The second kappa shape index (κ2) is 14.5. The number of ether oxygens (including phenoxy) is 1. The van der Waals surface area contributed by atoms with Crippen LogP contribution in [0.1, 0.15) is 129 Å². The Labute approximate surface area is 291 Å². The predicted octanol–water partition coefficient (Wildman–Crippen LogP) is 6.74. The Morgan fingerprint density at radius 1 is 0.694 bits per heavy atom. The topological polar surface area (TPSA) is 128 Å². The van der Waals surface area contributed by atoms with E-state index in [4.69, 9.17) is 4.74 Å². The van der Waals surface area contributed by atoms with E-state index >= 15 is 0 Å². The molecule has 2 fully saturated rings. The minimum Gasteiger partial charge on any atom is -0.381 e. The molecule has 0 radical (unpaired) electrons. The smallest absolute Gasteiger partial charge is 0.257 e. The molecule has 4 aromatic rings. The average Bonchev–Trinajstić information content (AvgIpc) is 3.66. The Hall–Kier alpha value is -3.86. The molecule has 4 heterocycles. The van der Waals surface area contributed by atoms with Crippen LogP contribution in [0.15, 0.2) is 24.5 Å². The minimum atomic E-state index is -0.275. The van der Waals surface area contributed by atoms with Gasteiger partial charge < -0.3 is 15.4 Å². The third-order valence-corrected chi connectivity index (χ3v) is 11.0. The number of rotatable bonds is 7. The Morgan fingerprint density at radius 3 is 1.47 bits per heavy atom. The number of nitrogens with one attached hydrogen (secondary N) is 2. The van der Waals surface area contributed by atoms with Gasteiger partial charge in [0.1, 0.15) is 11.1 Å². The molecule has 4 aromatic heterocycles. The van der Waals surface area contributed by atoms with Crippen LogP contribution in [0.2, 0.25) is 0 Å². The third-order valence-electron chi connectivity index (χ3n) is 11.0. The van der Waals surface area contributed by atoms with Gasteiger partial charge in [-0.15, -0.1) is 0 Å². The fourth-order valence-electron chi connectivity index (χ4n) is 7.79. The highest BCUT2D eigenvalue weighted by Crippen LogP contribution is 2.36. The second-order valence-electron chi connectivity index (χ2n) is 15.7. The molecular formula is C38H56N8O3. The van der Waals surface area contributed by atoms with E-state index in [1.807, 2.05) is 39.8 Å². The molecule has 0 atom stereocenters. The van der Waals surface area contributed by atoms with Gasteiger partial charge in [0.05, 0.1) is 18.5 Å². The minimum absolute atomic E-state index is 0.0777. The van der Waals surface area contributed by atoms with Crippen LogP contribution in [-0.4, -0.2) is 65.3 Å². The zero-order chi connectivity index (χ0) is 35.7. The van der Waals surface area contributed by atoms with Crippen LogP contribution in [0.5, 0.6) is 0 Å². The van der Waals surface area contributed by atoms with Gasteiger partial charge in [0.15, 0.2) is 11.3 Å². The fourth-order valence-corrected chi connectivity index (χ4v) is 7.79. The molecule has 2 saturated carbocycles. The first-order valence-corrected chi connectivity index (χ1v) is 17.9. The molecule has 11 heteroatoms. The van der Waals surface area contributed by atoms with Crippen LogP contribution in [0, 0.1) is 45.4 Å². The standard InChI is InChI=1S/C19H28N4O2.C19H28N4O/c1-12-10-13(2)23-17(21-12)16(11-20-23)18(24)22-19(3,4)14-6-8-15(25-5)9-7-14;1-12-6-8-15(9-7-12)19(4,5)22-18(24)16-11-20-23-14(3)10-13(2)21-17(16)23/h10-11,14-15H,6-9H2,1-5H3,(H,22,24);10-12,15H,6-9H2,1-5H3,(H,22,24). The van der Waals surface area contributed by atoms with Gasteiger partial charge in [-0.25, -0.2) is 19.0 Å². The van der Waals surface area contributed by atoms with E-state index in [-0.39, 0.29) is 22.9 Å². The van der Waals surface area contributed by atoms with Gasteiger partial charge >= 0.3 is 0 Å². The number of aryl methyl sites for hydroxylation is 4. The maximum atomic E-state index is 12.9. The summed E-state index contributed by atoms with van der Waals surface area (Å²) >= 11 is 0. The van der Waals surface area contributed by atoms with Crippen molar-refractivity contribution in [2.24, 2.45) is 17.8 Å². The summed E-state index contributed by atoms with van der Waals surface area (Å²) in [6, 6.07) is 3.93. The molecule has 0 saturated heterocycles. The SMILES string of the molecule is COC1CCC(C(C)(C)NC(=O)c2cnn3c(C)cc(C)nc23)CC1.Cc1cc(C)n2ncc(C(=O)NC(C)(C)C3CCC(C)CC3)c2n1. The monoisotopic (exact) mass is 672 g/mol. The lowest BCUT2D eigenvalue weighted by Gasteiger charge is -2.39. The van der Waals surface area contributed by atoms with Crippen molar-refractivity contribution in [3.63, 3.8) is 0 Å². The van der Waals surface area contributed by atoms with Gasteiger partial charge in [0.2, 0.25) is 0 Å². The van der Waals surface area contributed by atoms with E-state index in [0.29, 0.717) is 40.4 Å². The molecule has 2 N–H and O–H groups in total. The molecule has 2 aliphatic rings. The molecule has 266 valence electrons. The number of carbonyl (C=O) groups is 2. The van der Waals surface area contributed by atoms with Crippen LogP contribution in [0.4, 0.5) is 0 Å². The van der Waals surface area contributed by atoms with Crippen molar-refractivity contribution in [1.29, 1.82) is 0 Å². The Morgan fingerprint density at radius 2 is 1.08 bits per heavy atom. The van der Waals surface area contributed by atoms with Crippen LogP contribution in [0.25, 0.3) is 11.3 Å². The number of carbonyl (C=O) groups excluding carboxylic acids is 2. The first-order valence-electron chi connectivity index (χ1n) is 17.9. The van der Waals surface area contributed by atoms with Gasteiger partial charge in [-0.3, -0.25) is 9.59 Å². The summed E-state index contributed by atoms with van der Waals surface area (Å²) in [6.07, 6.45) is 12.7. The number of aromatic nitrogens is 6. The van der Waals surface area contributed by atoms with Crippen molar-refractivity contribution in [3.05, 3.63) is 58.4 Å². The van der Waals surface area contributed by atoms with Crippen molar-refractivity contribution >= 4 is 23.1 Å². The first kappa shape index (κ1) is 36.4. The lowest BCUT2D eigenvalue weighted by Crippen LogP contribution is -2.50. The van der Waals surface area contributed by atoms with Crippen LogP contribution < -0.4 is 10.6 Å². The fraction of sp³-hybridized carbons (Fsp3) is 0.632. The Balaban J connectivity index is 0.000000191. The van der Waals surface area contributed by atoms with Crippen LogP contribution in [-0.2, 0) is 4.74 Å². The zero-order valence-electron chi connectivity index (χ0n) is 31.2. The van der Waals surface area contributed by atoms with E-state index in [1.54, 1.807) is 28.5 Å². The maximum Gasteiger partial charge on any atom is 0.257 e. The first-order chi connectivity index (χ1) is 23.1. The third kappa shape index (κ3) is 8.14. The molecule has 0 spiro atoms. The molecular weight excluding hydrogens is 616 g/mol. The number of nitrogens with zero attached hydrogens (tertiary/aromatic N) is 6. The molecule has 11 nitrogen and oxygen atoms in total. The molecule has 6 rings (SSSR count). The van der Waals surface area contributed by atoms with Crippen molar-refractivity contribution in [2.45, 2.75) is 131 Å². The highest BCUT2D eigenvalue weighted by Gasteiger charge is 2.36. The number of hydrogen-bond acceptors (Lipinski definition) is 7. The molecule has 0 aliphatic heterocycles. The highest BCUT2D eigenvalue weighted by atomic mass is 16.5. The normalized spacial score (nSPS) is 21.7. The van der Waals surface area contributed by atoms with E-state index in [0.717, 1.165) is 54.4 Å². The molecule has 0 unspecified atom stereocenters. The zero-order valence-corrected chi connectivity index (χ0v) is 31.2. The summed E-state index contributed by atoms with van der Waals surface area (Å²) in [4.78, 5) is 34.8. The van der Waals surface area contributed by atoms with E-state index in [1.165, 1.54) is 25.7 Å². The lowest BCUT2D eigenvalue weighted by molar-refractivity contribution is 0.0397. The average molecular weight is 673 g/mol.